The molecule has 0 aromatic carbocycles. The van der Waals surface area contributed by atoms with Crippen molar-refractivity contribution in [1.82, 2.24) is 15.3 Å². The average Bonchev–Trinajstić information content (AvgIpc) is 2.29. The zero-order chi connectivity index (χ0) is 11.4. The normalized spacial score (nSPS) is 14.9. The molecule has 4 nitrogen and oxygen atoms in total. The molecular formula is C12H19N3O. The lowest BCUT2D eigenvalue weighted by molar-refractivity contribution is 0.274. The third-order valence-electron chi connectivity index (χ3n) is 2.77. The summed E-state index contributed by atoms with van der Waals surface area (Å²) < 4.78 is 5.72. The number of hydrogen-bond donors (Lipinski definition) is 1. The Morgan fingerprint density at radius 2 is 2.31 bits per heavy atom. The number of nitrogens with one attached hydrogen (secondary N) is 1. The maximum Gasteiger partial charge on any atom is 0.221 e. The summed E-state index contributed by atoms with van der Waals surface area (Å²) in [5.41, 5.74) is 2.27. The highest BCUT2D eigenvalue weighted by Gasteiger charge is 2.15. The Bertz CT molecular complexity index is 352. The molecule has 2 rings (SSSR count). The fourth-order valence-corrected chi connectivity index (χ4v) is 1.76. The number of rotatable bonds is 4. The maximum absolute atomic E-state index is 5.72. The molecule has 0 radical (unpaired) electrons. The van der Waals surface area contributed by atoms with Crippen molar-refractivity contribution in [1.29, 1.82) is 0 Å². The van der Waals surface area contributed by atoms with Crippen molar-refractivity contribution in [3.05, 3.63) is 17.6 Å². The number of fused-ring (bicyclic) bond motifs is 1. The Labute approximate surface area is 96.4 Å². The molecule has 0 fully saturated rings. The van der Waals surface area contributed by atoms with Crippen LogP contribution in [0.25, 0.3) is 0 Å². The zero-order valence-corrected chi connectivity index (χ0v) is 9.99. The van der Waals surface area contributed by atoms with Crippen LogP contribution in [0, 0.1) is 5.92 Å². The van der Waals surface area contributed by atoms with Crippen LogP contribution in [-0.2, 0) is 13.0 Å². The largest absolute Gasteiger partial charge is 0.477 e. The van der Waals surface area contributed by atoms with Gasteiger partial charge in [-0.15, -0.1) is 0 Å². The minimum atomic E-state index is 0.663. The van der Waals surface area contributed by atoms with E-state index in [-0.39, 0.29) is 0 Å². The van der Waals surface area contributed by atoms with Crippen LogP contribution in [0.4, 0.5) is 0 Å². The monoisotopic (exact) mass is 221 g/mol. The first kappa shape index (κ1) is 11.3. The van der Waals surface area contributed by atoms with E-state index < -0.39 is 0 Å². The highest BCUT2D eigenvalue weighted by Crippen LogP contribution is 2.20. The molecular weight excluding hydrogens is 202 g/mol. The first-order valence-electron chi connectivity index (χ1n) is 5.93. The highest BCUT2D eigenvalue weighted by molar-refractivity contribution is 5.31. The van der Waals surface area contributed by atoms with Gasteiger partial charge in [-0.2, -0.15) is 0 Å². The van der Waals surface area contributed by atoms with Crippen molar-refractivity contribution < 1.29 is 4.74 Å². The summed E-state index contributed by atoms with van der Waals surface area (Å²) >= 11 is 0. The molecule has 0 saturated heterocycles. The van der Waals surface area contributed by atoms with E-state index in [0.717, 1.165) is 49.7 Å². The van der Waals surface area contributed by atoms with Crippen molar-refractivity contribution in [2.75, 3.05) is 13.2 Å². The molecule has 1 aliphatic rings. The second kappa shape index (κ2) is 5.25. The SMILES string of the molecule is CC(C)CCOc1ncnc2c1CNCC2. The van der Waals surface area contributed by atoms with Gasteiger partial charge in [-0.25, -0.2) is 9.97 Å². The van der Waals surface area contributed by atoms with E-state index in [1.807, 2.05) is 0 Å². The van der Waals surface area contributed by atoms with Crippen molar-refractivity contribution in [3.63, 3.8) is 0 Å². The molecule has 16 heavy (non-hydrogen) atoms. The van der Waals surface area contributed by atoms with Gasteiger partial charge < -0.3 is 10.1 Å². The lowest BCUT2D eigenvalue weighted by Crippen LogP contribution is -2.25. The van der Waals surface area contributed by atoms with Gasteiger partial charge in [-0.1, -0.05) is 13.8 Å². The second-order valence-electron chi connectivity index (χ2n) is 4.56. The van der Waals surface area contributed by atoms with E-state index in [1.165, 1.54) is 0 Å². The fraction of sp³-hybridized carbons (Fsp3) is 0.667. The molecule has 0 atom stereocenters. The van der Waals surface area contributed by atoms with Crippen molar-refractivity contribution >= 4 is 0 Å². The Balaban J connectivity index is 2.03. The molecule has 2 heterocycles. The minimum absolute atomic E-state index is 0.663. The van der Waals surface area contributed by atoms with Gasteiger partial charge in [-0.3, -0.25) is 0 Å². The fourth-order valence-electron chi connectivity index (χ4n) is 1.76. The smallest absolute Gasteiger partial charge is 0.221 e. The second-order valence-corrected chi connectivity index (χ2v) is 4.56. The van der Waals surface area contributed by atoms with Crippen LogP contribution in [0.3, 0.4) is 0 Å². The molecule has 0 aliphatic carbocycles. The Morgan fingerprint density at radius 1 is 1.44 bits per heavy atom. The van der Waals surface area contributed by atoms with Crippen LogP contribution >= 0.6 is 0 Å². The third-order valence-corrected chi connectivity index (χ3v) is 2.77. The van der Waals surface area contributed by atoms with E-state index >= 15 is 0 Å². The Hall–Kier alpha value is -1.16. The van der Waals surface area contributed by atoms with Crippen LogP contribution in [0.2, 0.25) is 0 Å². The van der Waals surface area contributed by atoms with Crippen LogP contribution in [0.1, 0.15) is 31.5 Å². The van der Waals surface area contributed by atoms with Crippen LogP contribution in [0.15, 0.2) is 6.33 Å². The summed E-state index contributed by atoms with van der Waals surface area (Å²) in [4.78, 5) is 8.51. The number of ether oxygens (including phenoxy) is 1. The molecule has 1 aliphatic heterocycles. The summed E-state index contributed by atoms with van der Waals surface area (Å²) in [6.45, 7) is 6.95. The van der Waals surface area contributed by atoms with E-state index in [0.29, 0.717) is 5.92 Å². The standard InChI is InChI=1S/C12H19N3O/c1-9(2)4-6-16-12-10-7-13-5-3-11(10)14-8-15-12/h8-9,13H,3-7H2,1-2H3. The highest BCUT2D eigenvalue weighted by atomic mass is 16.5. The van der Waals surface area contributed by atoms with Crippen molar-refractivity contribution in [3.8, 4) is 5.88 Å². The van der Waals surface area contributed by atoms with E-state index in [2.05, 4.69) is 29.1 Å². The summed E-state index contributed by atoms with van der Waals surface area (Å²) in [5, 5.41) is 3.32. The molecule has 0 amide bonds. The van der Waals surface area contributed by atoms with Gasteiger partial charge >= 0.3 is 0 Å². The first-order valence-corrected chi connectivity index (χ1v) is 5.93. The van der Waals surface area contributed by atoms with Gasteiger partial charge in [0.05, 0.1) is 12.3 Å². The van der Waals surface area contributed by atoms with Gasteiger partial charge in [0.15, 0.2) is 0 Å². The van der Waals surface area contributed by atoms with Crippen LogP contribution in [-0.4, -0.2) is 23.1 Å². The van der Waals surface area contributed by atoms with Gasteiger partial charge in [0.2, 0.25) is 5.88 Å². The van der Waals surface area contributed by atoms with E-state index in [1.54, 1.807) is 6.33 Å². The molecule has 0 saturated carbocycles. The summed E-state index contributed by atoms with van der Waals surface area (Å²) in [7, 11) is 0. The maximum atomic E-state index is 5.72. The number of aromatic nitrogens is 2. The summed E-state index contributed by atoms with van der Waals surface area (Å²) in [6, 6.07) is 0. The van der Waals surface area contributed by atoms with Crippen LogP contribution < -0.4 is 10.1 Å². The molecule has 1 aromatic heterocycles. The van der Waals surface area contributed by atoms with Crippen molar-refractivity contribution in [2.24, 2.45) is 5.92 Å². The summed E-state index contributed by atoms with van der Waals surface area (Å²) in [6.07, 6.45) is 3.64. The van der Waals surface area contributed by atoms with Gasteiger partial charge in [0.25, 0.3) is 0 Å². The van der Waals surface area contributed by atoms with Gasteiger partial charge in [-0.05, 0) is 12.3 Å². The third kappa shape index (κ3) is 2.70. The topological polar surface area (TPSA) is 47.0 Å². The molecule has 0 spiro atoms. The van der Waals surface area contributed by atoms with Crippen molar-refractivity contribution in [2.45, 2.75) is 33.2 Å². The average molecular weight is 221 g/mol. The quantitative estimate of drug-likeness (QED) is 0.838. The molecule has 0 unspecified atom stereocenters. The Kier molecular flexibility index (Phi) is 3.72. The molecule has 1 N–H and O–H groups in total. The molecule has 88 valence electrons. The minimum Gasteiger partial charge on any atom is -0.477 e. The molecule has 1 aromatic rings. The van der Waals surface area contributed by atoms with E-state index in [4.69, 9.17) is 4.74 Å². The number of hydrogen-bond acceptors (Lipinski definition) is 4. The lowest BCUT2D eigenvalue weighted by atomic mass is 10.1. The zero-order valence-electron chi connectivity index (χ0n) is 9.99. The Morgan fingerprint density at radius 3 is 3.12 bits per heavy atom. The summed E-state index contributed by atoms with van der Waals surface area (Å²) in [5.74, 6) is 1.42. The van der Waals surface area contributed by atoms with Crippen LogP contribution in [0.5, 0.6) is 5.88 Å². The lowest BCUT2D eigenvalue weighted by Gasteiger charge is -2.18. The van der Waals surface area contributed by atoms with Gasteiger partial charge in [0, 0.05) is 25.1 Å². The van der Waals surface area contributed by atoms with Gasteiger partial charge in [0.1, 0.15) is 6.33 Å². The molecule has 4 heteroatoms. The molecule has 0 bridgehead atoms. The first-order chi connectivity index (χ1) is 7.77. The van der Waals surface area contributed by atoms with E-state index in [9.17, 15) is 0 Å². The predicted molar refractivity (Wildman–Crippen MR) is 62.4 cm³/mol. The number of nitrogens with zero attached hydrogens (tertiary/aromatic N) is 2. The predicted octanol–water partition coefficient (Wildman–Crippen LogP) is 1.55.